The molecule has 2 aromatic carbocycles. The normalized spacial score (nSPS) is 18.2. The van der Waals surface area contributed by atoms with Gasteiger partial charge in [-0.05, 0) is 42.1 Å². The van der Waals surface area contributed by atoms with Crippen molar-refractivity contribution in [1.29, 1.82) is 0 Å². The van der Waals surface area contributed by atoms with Crippen molar-refractivity contribution in [3.05, 3.63) is 59.0 Å². The minimum Gasteiger partial charge on any atom is -0.378 e. The van der Waals surface area contributed by atoms with E-state index in [1.54, 1.807) is 24.3 Å². The van der Waals surface area contributed by atoms with Gasteiger partial charge >= 0.3 is 0 Å². The maximum Gasteiger partial charge on any atom is 0.287 e. The molecule has 2 aliphatic rings. The van der Waals surface area contributed by atoms with Gasteiger partial charge in [-0.3, -0.25) is 19.3 Å². The Hall–Kier alpha value is -3.48. The van der Waals surface area contributed by atoms with E-state index in [2.05, 4.69) is 10.3 Å². The summed E-state index contributed by atoms with van der Waals surface area (Å²) in [5, 5.41) is 7.71. The maximum absolute atomic E-state index is 13.1. The first-order chi connectivity index (χ1) is 14.6. The first-order valence-electron chi connectivity index (χ1n) is 8.80. The zero-order chi connectivity index (χ0) is 22.3. The number of rotatable bonds is 4. The minimum absolute atomic E-state index is 0.0527. The van der Waals surface area contributed by atoms with Crippen molar-refractivity contribution in [3.8, 4) is 0 Å². The van der Waals surface area contributed by atoms with Crippen LogP contribution >= 0.6 is 11.8 Å². The smallest absolute Gasteiger partial charge is 0.287 e. The Morgan fingerprint density at radius 1 is 1.10 bits per heavy atom. The summed E-state index contributed by atoms with van der Waals surface area (Å²) in [5.74, 6) is -1.62. The number of primary sulfonamides is 1. The fourth-order valence-corrected chi connectivity index (χ4v) is 4.49. The van der Waals surface area contributed by atoms with Crippen LogP contribution in [0.2, 0.25) is 0 Å². The van der Waals surface area contributed by atoms with Gasteiger partial charge in [0.2, 0.25) is 15.9 Å². The van der Waals surface area contributed by atoms with Crippen molar-refractivity contribution in [2.75, 3.05) is 16.8 Å². The van der Waals surface area contributed by atoms with Gasteiger partial charge in [-0.25, -0.2) is 13.6 Å². The largest absolute Gasteiger partial charge is 0.378 e. The molecule has 2 aliphatic heterocycles. The number of benzene rings is 2. The molecule has 0 radical (unpaired) electrons. The number of thioether (sulfide) groups is 1. The molecule has 0 unspecified atom stereocenters. The number of aliphatic imine (C=N–C) groups is 1. The van der Waals surface area contributed by atoms with Crippen LogP contribution in [0.4, 0.5) is 11.4 Å². The summed E-state index contributed by atoms with van der Waals surface area (Å²) >= 11 is 0.916. The van der Waals surface area contributed by atoms with Crippen LogP contribution in [0.1, 0.15) is 5.56 Å². The number of hydrogen-bond acceptors (Lipinski definition) is 7. The number of fused-ring (bicyclic) bond motifs is 1. The monoisotopic (exact) mass is 457 g/mol. The predicted molar refractivity (Wildman–Crippen MR) is 116 cm³/mol. The molecule has 31 heavy (non-hydrogen) atoms. The number of carbonyl (C=O) groups excluding carboxylic acids is 3. The van der Waals surface area contributed by atoms with Crippen LogP contribution in [-0.4, -0.2) is 37.9 Å². The average Bonchev–Trinajstić information content (AvgIpc) is 3.17. The van der Waals surface area contributed by atoms with Gasteiger partial charge in [0.15, 0.2) is 5.17 Å². The summed E-state index contributed by atoms with van der Waals surface area (Å²) in [7, 11) is -3.85. The number of anilines is 2. The van der Waals surface area contributed by atoms with E-state index in [0.717, 1.165) is 11.8 Å². The SMILES string of the molecule is NC1=NC(=O)/C(=C2\C(=O)N(CC(=O)Nc3ccc(S(N)(=O)=O)cc3)c3ccccc32)S1. The Kier molecular flexibility index (Phi) is 5.13. The lowest BCUT2D eigenvalue weighted by Crippen LogP contribution is -2.35. The summed E-state index contributed by atoms with van der Waals surface area (Å²) in [6.07, 6.45) is 0. The number of carbonyl (C=O) groups is 3. The van der Waals surface area contributed by atoms with E-state index in [1.807, 2.05) is 0 Å². The Balaban J connectivity index is 1.58. The summed E-state index contributed by atoms with van der Waals surface area (Å²) in [6.45, 7) is -0.321. The molecule has 2 heterocycles. The number of para-hydroxylation sites is 1. The van der Waals surface area contributed by atoms with Gasteiger partial charge < -0.3 is 11.1 Å². The van der Waals surface area contributed by atoms with Crippen molar-refractivity contribution >= 4 is 61.6 Å². The van der Waals surface area contributed by atoms with E-state index >= 15 is 0 Å². The fraction of sp³-hybridized carbons (Fsp3) is 0.0526. The number of sulfonamides is 1. The van der Waals surface area contributed by atoms with Crippen LogP contribution in [0, 0.1) is 0 Å². The second kappa shape index (κ2) is 7.65. The highest BCUT2D eigenvalue weighted by Gasteiger charge is 2.39. The van der Waals surface area contributed by atoms with Crippen LogP contribution in [0.15, 0.2) is 63.3 Å². The second-order valence-electron chi connectivity index (χ2n) is 6.59. The Morgan fingerprint density at radius 3 is 2.39 bits per heavy atom. The van der Waals surface area contributed by atoms with E-state index in [0.29, 0.717) is 16.9 Å². The topological polar surface area (TPSA) is 165 Å². The molecule has 0 saturated heterocycles. The lowest BCUT2D eigenvalue weighted by Gasteiger charge is -2.16. The molecule has 0 fully saturated rings. The Labute approximate surface area is 181 Å². The molecular weight excluding hydrogens is 442 g/mol. The summed E-state index contributed by atoms with van der Waals surface area (Å²) in [4.78, 5) is 42.7. The third-order valence-corrected chi connectivity index (χ3v) is 6.34. The van der Waals surface area contributed by atoms with Crippen LogP contribution in [0.5, 0.6) is 0 Å². The molecule has 12 heteroatoms. The molecule has 3 amide bonds. The van der Waals surface area contributed by atoms with E-state index in [9.17, 15) is 22.8 Å². The molecule has 2 aromatic rings. The summed E-state index contributed by atoms with van der Waals surface area (Å²) < 4.78 is 22.7. The molecule has 0 saturated carbocycles. The number of hydrogen-bond donors (Lipinski definition) is 3. The van der Waals surface area contributed by atoms with E-state index in [1.165, 1.54) is 29.2 Å². The standard InChI is InChI=1S/C19H15N5O5S2/c20-19-23-17(26)16(30-19)15-12-3-1-2-4-13(12)24(18(15)27)9-14(25)22-10-5-7-11(8-6-10)31(21,28)29/h1-8H,9H2,(H,22,25)(H2,20,23,26)(H2,21,28,29)/b16-15+. The number of nitrogens with zero attached hydrogens (tertiary/aromatic N) is 2. The van der Waals surface area contributed by atoms with Crippen molar-refractivity contribution in [2.45, 2.75) is 4.90 Å². The number of amides is 3. The molecule has 0 spiro atoms. The van der Waals surface area contributed by atoms with E-state index < -0.39 is 27.7 Å². The summed E-state index contributed by atoms with van der Waals surface area (Å²) in [6, 6.07) is 12.1. The predicted octanol–water partition coefficient (Wildman–Crippen LogP) is 0.619. The van der Waals surface area contributed by atoms with E-state index in [-0.39, 0.29) is 27.1 Å². The second-order valence-corrected chi connectivity index (χ2v) is 9.18. The molecular formula is C19H15N5O5S2. The fourth-order valence-electron chi connectivity index (χ4n) is 3.21. The van der Waals surface area contributed by atoms with Crippen molar-refractivity contribution in [3.63, 3.8) is 0 Å². The third-order valence-electron chi connectivity index (χ3n) is 4.53. The molecule has 0 aromatic heterocycles. The molecule has 158 valence electrons. The zero-order valence-corrected chi connectivity index (χ0v) is 17.4. The molecule has 10 nitrogen and oxygen atoms in total. The summed E-state index contributed by atoms with van der Waals surface area (Å²) in [5.41, 5.74) is 7.09. The van der Waals surface area contributed by atoms with Gasteiger partial charge in [0.25, 0.3) is 11.8 Å². The highest BCUT2D eigenvalue weighted by atomic mass is 32.2. The van der Waals surface area contributed by atoms with Gasteiger partial charge in [0.05, 0.1) is 21.1 Å². The Morgan fingerprint density at radius 2 is 1.77 bits per heavy atom. The Bertz CT molecular complexity index is 1300. The van der Waals surface area contributed by atoms with Crippen molar-refractivity contribution in [1.82, 2.24) is 0 Å². The first-order valence-corrected chi connectivity index (χ1v) is 11.2. The average molecular weight is 457 g/mol. The number of nitrogens with one attached hydrogen (secondary N) is 1. The van der Waals surface area contributed by atoms with Crippen LogP contribution in [0.25, 0.3) is 5.57 Å². The van der Waals surface area contributed by atoms with Gasteiger partial charge in [0, 0.05) is 11.3 Å². The highest BCUT2D eigenvalue weighted by Crippen LogP contribution is 2.42. The van der Waals surface area contributed by atoms with Crippen LogP contribution in [-0.2, 0) is 24.4 Å². The quantitative estimate of drug-likeness (QED) is 0.566. The van der Waals surface area contributed by atoms with Crippen molar-refractivity contribution < 1.29 is 22.8 Å². The van der Waals surface area contributed by atoms with Gasteiger partial charge in [-0.1, -0.05) is 18.2 Å². The van der Waals surface area contributed by atoms with E-state index in [4.69, 9.17) is 10.9 Å². The number of nitrogens with two attached hydrogens (primary N) is 2. The maximum atomic E-state index is 13.1. The first kappa shape index (κ1) is 20.8. The zero-order valence-electron chi connectivity index (χ0n) is 15.7. The van der Waals surface area contributed by atoms with Gasteiger partial charge in [-0.2, -0.15) is 4.99 Å². The molecule has 5 N–H and O–H groups in total. The lowest BCUT2D eigenvalue weighted by atomic mass is 10.1. The third kappa shape index (κ3) is 3.95. The molecule has 4 rings (SSSR count). The molecule has 0 aliphatic carbocycles. The van der Waals surface area contributed by atoms with Gasteiger partial charge in [-0.15, -0.1) is 0 Å². The van der Waals surface area contributed by atoms with Crippen LogP contribution in [0.3, 0.4) is 0 Å². The van der Waals surface area contributed by atoms with Crippen LogP contribution < -0.4 is 21.1 Å². The van der Waals surface area contributed by atoms with Gasteiger partial charge in [0.1, 0.15) is 6.54 Å². The lowest BCUT2D eigenvalue weighted by molar-refractivity contribution is -0.118. The van der Waals surface area contributed by atoms with Crippen molar-refractivity contribution in [2.24, 2.45) is 15.9 Å². The molecule has 0 atom stereocenters. The minimum atomic E-state index is -3.85. The highest BCUT2D eigenvalue weighted by molar-refractivity contribution is 8.18. The number of amidine groups is 1. The molecule has 0 bridgehead atoms.